The largest absolute Gasteiger partial charge is 0.494 e. The Hall–Kier alpha value is -4.07. The lowest BCUT2D eigenvalue weighted by Gasteiger charge is -2.16. The second kappa shape index (κ2) is 9.60. The molecule has 2 aromatic heterocycles. The fourth-order valence-corrected chi connectivity index (χ4v) is 3.70. The molecule has 0 bridgehead atoms. The van der Waals surface area contributed by atoms with Crippen molar-refractivity contribution < 1.29 is 24.1 Å². The van der Waals surface area contributed by atoms with Crippen LogP contribution in [0.5, 0.6) is 17.4 Å². The predicted octanol–water partition coefficient (Wildman–Crippen LogP) is 4.26. The van der Waals surface area contributed by atoms with Gasteiger partial charge in [-0.05, 0) is 17.7 Å². The molecule has 0 radical (unpaired) electrons. The molecule has 0 spiro atoms. The Balaban J connectivity index is 1.61. The average Bonchev–Trinajstić information content (AvgIpc) is 3.20. The summed E-state index contributed by atoms with van der Waals surface area (Å²) < 4.78 is 18.7. The number of fused-ring (bicyclic) bond motifs is 1. The minimum Gasteiger partial charge on any atom is -0.494 e. The number of methoxy groups -OCH3 is 2. The van der Waals surface area contributed by atoms with Crippen LogP contribution in [0, 0.1) is 0 Å². The van der Waals surface area contributed by atoms with E-state index in [2.05, 4.69) is 14.5 Å². The zero-order valence-electron chi connectivity index (χ0n) is 18.7. The van der Waals surface area contributed by atoms with E-state index in [1.54, 1.807) is 56.7 Å². The van der Waals surface area contributed by atoms with E-state index in [0.29, 0.717) is 35.1 Å². The molecular weight excluding hydrogens is 422 g/mol. The third kappa shape index (κ3) is 4.59. The molecule has 1 atom stereocenters. The van der Waals surface area contributed by atoms with Crippen molar-refractivity contribution in [2.24, 2.45) is 0 Å². The van der Waals surface area contributed by atoms with Crippen molar-refractivity contribution in [3.05, 3.63) is 77.6 Å². The second-order valence-electron chi connectivity index (χ2n) is 7.40. The zero-order chi connectivity index (χ0) is 23.4. The molecule has 0 saturated carbocycles. The Bertz CT molecular complexity index is 1250. The number of carboxylic acids is 1. The van der Waals surface area contributed by atoms with Crippen molar-refractivity contribution >= 4 is 17.1 Å². The van der Waals surface area contributed by atoms with Gasteiger partial charge in [-0.15, -0.1) is 0 Å². The third-order valence-corrected chi connectivity index (χ3v) is 5.32. The first-order valence-electron chi connectivity index (χ1n) is 10.6. The van der Waals surface area contributed by atoms with E-state index >= 15 is 0 Å². The molecule has 2 aromatic carbocycles. The molecule has 33 heavy (non-hydrogen) atoms. The van der Waals surface area contributed by atoms with Gasteiger partial charge in [0, 0.05) is 24.6 Å². The highest BCUT2D eigenvalue weighted by molar-refractivity contribution is 5.80. The molecular formula is C25H25N3O5. The second-order valence-corrected chi connectivity index (χ2v) is 7.40. The smallest absolute Gasteiger partial charge is 0.349 e. The van der Waals surface area contributed by atoms with Gasteiger partial charge in [0.25, 0.3) is 0 Å². The lowest BCUT2D eigenvalue weighted by molar-refractivity contribution is -0.145. The summed E-state index contributed by atoms with van der Waals surface area (Å²) in [6.07, 6.45) is -0.355. The summed E-state index contributed by atoms with van der Waals surface area (Å²) in [4.78, 5) is 20.8. The van der Waals surface area contributed by atoms with Gasteiger partial charge in [-0.3, -0.25) is 0 Å². The predicted molar refractivity (Wildman–Crippen MR) is 123 cm³/mol. The van der Waals surface area contributed by atoms with Gasteiger partial charge < -0.3 is 23.9 Å². The number of nitrogens with zero attached hydrogens (tertiary/aromatic N) is 3. The maximum Gasteiger partial charge on any atom is 0.349 e. The van der Waals surface area contributed by atoms with Crippen LogP contribution in [-0.2, 0) is 17.8 Å². The zero-order valence-corrected chi connectivity index (χ0v) is 18.7. The number of rotatable bonds is 9. The van der Waals surface area contributed by atoms with Gasteiger partial charge in [0.1, 0.15) is 17.1 Å². The van der Waals surface area contributed by atoms with Gasteiger partial charge in [0.05, 0.1) is 14.2 Å². The molecule has 8 nitrogen and oxygen atoms in total. The Morgan fingerprint density at radius 3 is 2.36 bits per heavy atom. The highest BCUT2D eigenvalue weighted by Crippen LogP contribution is 2.30. The Kier molecular flexibility index (Phi) is 6.44. The number of imidazole rings is 1. The molecule has 2 heterocycles. The molecule has 1 N–H and O–H groups in total. The number of pyridine rings is 1. The highest BCUT2D eigenvalue weighted by atomic mass is 16.5. The number of carbonyl (C=O) groups is 1. The van der Waals surface area contributed by atoms with Crippen LogP contribution in [0.4, 0.5) is 0 Å². The van der Waals surface area contributed by atoms with Gasteiger partial charge >= 0.3 is 5.97 Å². The molecule has 0 aliphatic rings. The molecule has 170 valence electrons. The summed E-state index contributed by atoms with van der Waals surface area (Å²) in [7, 11) is 3.16. The van der Waals surface area contributed by atoms with Crippen molar-refractivity contribution in [1.82, 2.24) is 14.5 Å². The summed E-state index contributed by atoms with van der Waals surface area (Å²) in [5.74, 6) is 1.39. The Morgan fingerprint density at radius 2 is 1.76 bits per heavy atom. The molecule has 0 fully saturated rings. The Morgan fingerprint density at radius 1 is 1.03 bits per heavy atom. The van der Waals surface area contributed by atoms with Crippen molar-refractivity contribution in [1.29, 1.82) is 0 Å². The summed E-state index contributed by atoms with van der Waals surface area (Å²) in [6, 6.07) is 18.0. The lowest BCUT2D eigenvalue weighted by atomic mass is 10.1. The number of hydrogen-bond acceptors (Lipinski definition) is 6. The number of hydrogen-bond donors (Lipinski definition) is 1. The third-order valence-electron chi connectivity index (χ3n) is 5.32. The first-order valence-corrected chi connectivity index (χ1v) is 10.6. The molecule has 8 heteroatoms. The summed E-state index contributed by atoms with van der Waals surface area (Å²) >= 11 is 0. The molecule has 0 aliphatic carbocycles. The highest BCUT2D eigenvalue weighted by Gasteiger charge is 2.22. The number of ether oxygens (including phenoxy) is 3. The van der Waals surface area contributed by atoms with E-state index in [9.17, 15) is 9.90 Å². The maximum absolute atomic E-state index is 11.7. The van der Waals surface area contributed by atoms with E-state index in [4.69, 9.17) is 14.2 Å². The number of benzene rings is 2. The minimum absolute atomic E-state index is 0.444. The quantitative estimate of drug-likeness (QED) is 0.409. The number of aromatic nitrogens is 3. The van der Waals surface area contributed by atoms with Gasteiger partial charge in [-0.1, -0.05) is 49.4 Å². The fourth-order valence-electron chi connectivity index (χ4n) is 3.70. The van der Waals surface area contributed by atoms with Crippen molar-refractivity contribution in [2.45, 2.75) is 26.0 Å². The number of aryl methyl sites for hydroxylation is 1. The first kappa shape index (κ1) is 22.1. The summed E-state index contributed by atoms with van der Waals surface area (Å²) in [5.41, 5.74) is 2.95. The molecule has 4 aromatic rings. The maximum atomic E-state index is 11.7. The van der Waals surface area contributed by atoms with Crippen LogP contribution in [0.2, 0.25) is 0 Å². The van der Waals surface area contributed by atoms with Crippen LogP contribution in [0.15, 0.2) is 60.7 Å². The molecule has 0 amide bonds. The van der Waals surface area contributed by atoms with Crippen molar-refractivity contribution in [3.63, 3.8) is 0 Å². The Labute approximate surface area is 191 Å². The van der Waals surface area contributed by atoms with Crippen LogP contribution >= 0.6 is 0 Å². The van der Waals surface area contributed by atoms with Crippen LogP contribution in [0.25, 0.3) is 11.2 Å². The lowest BCUT2D eigenvalue weighted by Crippen LogP contribution is -2.18. The summed E-state index contributed by atoms with van der Waals surface area (Å²) in [5, 5.41) is 9.60. The molecule has 0 aliphatic heterocycles. The topological polar surface area (TPSA) is 95.7 Å². The fraction of sp³-hybridized carbons (Fsp3) is 0.240. The SMILES string of the molecule is CCc1nc2nc(OC)cc(OC)c2n1Cc1ccc(OC(C(=O)O)c2ccccc2)cc1. The van der Waals surface area contributed by atoms with Gasteiger partial charge in [0.2, 0.25) is 12.0 Å². The van der Waals surface area contributed by atoms with Crippen molar-refractivity contribution in [3.8, 4) is 17.4 Å². The van der Waals surface area contributed by atoms with E-state index in [1.165, 1.54) is 0 Å². The first-order chi connectivity index (χ1) is 16.0. The minimum atomic E-state index is -1.08. The van der Waals surface area contributed by atoms with E-state index in [1.807, 2.05) is 25.1 Å². The number of aliphatic carboxylic acids is 1. The van der Waals surface area contributed by atoms with Crippen LogP contribution in [0.1, 0.15) is 30.0 Å². The number of carboxylic acid groups (broad SMARTS) is 1. The van der Waals surface area contributed by atoms with E-state index < -0.39 is 12.1 Å². The molecule has 4 rings (SSSR count). The molecule has 1 unspecified atom stereocenters. The van der Waals surface area contributed by atoms with E-state index in [0.717, 1.165) is 23.3 Å². The van der Waals surface area contributed by atoms with Crippen LogP contribution in [0.3, 0.4) is 0 Å². The van der Waals surface area contributed by atoms with Crippen molar-refractivity contribution in [2.75, 3.05) is 14.2 Å². The van der Waals surface area contributed by atoms with Gasteiger partial charge in [-0.25, -0.2) is 9.78 Å². The normalized spacial score (nSPS) is 11.8. The molecule has 0 saturated heterocycles. The van der Waals surface area contributed by atoms with Crippen LogP contribution in [-0.4, -0.2) is 39.8 Å². The van der Waals surface area contributed by atoms with Crippen LogP contribution < -0.4 is 14.2 Å². The average molecular weight is 447 g/mol. The van der Waals surface area contributed by atoms with Gasteiger partial charge in [0.15, 0.2) is 11.4 Å². The monoisotopic (exact) mass is 447 g/mol. The summed E-state index contributed by atoms with van der Waals surface area (Å²) in [6.45, 7) is 2.58. The van der Waals surface area contributed by atoms with E-state index in [-0.39, 0.29) is 0 Å². The standard InChI is InChI=1S/C25H25N3O5/c1-4-20-26-24-22(19(31-2)14-21(27-24)32-3)28(20)15-16-10-12-18(13-11-16)33-23(25(29)30)17-8-6-5-7-9-17/h5-14,23H,4,15H2,1-3H3,(H,29,30). The van der Waals surface area contributed by atoms with Gasteiger partial charge in [-0.2, -0.15) is 4.98 Å².